The van der Waals surface area contributed by atoms with Crippen molar-refractivity contribution in [2.45, 2.75) is 32.3 Å². The lowest BCUT2D eigenvalue weighted by Gasteiger charge is -2.20. The summed E-state index contributed by atoms with van der Waals surface area (Å²) >= 11 is 0. The molecular weight excluding hydrogens is 363 g/mol. The van der Waals surface area contributed by atoms with Gasteiger partial charge in [-0.1, -0.05) is 50.0 Å². The average molecular weight is 389 g/mol. The van der Waals surface area contributed by atoms with E-state index in [1.807, 2.05) is 12.1 Å². The van der Waals surface area contributed by atoms with Gasteiger partial charge in [-0.3, -0.25) is 9.59 Å². The zero-order valence-corrected chi connectivity index (χ0v) is 17.0. The van der Waals surface area contributed by atoms with Crippen molar-refractivity contribution in [1.82, 2.24) is 5.32 Å². The molecule has 2 N–H and O–H groups in total. The standard InChI is InChI=1S/C20H25FN2O3Si/c1-26-12-14-5-7-15(8-6-14)19(22-13-24)20(25)23-16-9-10-18(17(21)11-16)27(2,3)4/h5-11,13,19H,12H2,1-4H3,(H,22,24)(H,23,25)/t19-/m1/s1. The van der Waals surface area contributed by atoms with Crippen molar-refractivity contribution in [2.75, 3.05) is 12.4 Å². The fraction of sp³-hybridized carbons (Fsp3) is 0.300. The Hall–Kier alpha value is -2.51. The predicted molar refractivity (Wildman–Crippen MR) is 107 cm³/mol. The highest BCUT2D eigenvalue weighted by Gasteiger charge is 2.23. The Morgan fingerprint density at radius 2 is 1.85 bits per heavy atom. The summed E-state index contributed by atoms with van der Waals surface area (Å²) in [6.45, 7) is 6.63. The number of nitrogens with one attached hydrogen (secondary N) is 2. The molecule has 0 unspecified atom stereocenters. The number of amides is 2. The Labute approximate surface area is 159 Å². The molecule has 0 saturated carbocycles. The van der Waals surface area contributed by atoms with Gasteiger partial charge >= 0.3 is 0 Å². The number of benzene rings is 2. The molecule has 0 bridgehead atoms. The first kappa shape index (κ1) is 20.8. The van der Waals surface area contributed by atoms with Crippen LogP contribution in [0.4, 0.5) is 10.1 Å². The van der Waals surface area contributed by atoms with Gasteiger partial charge in [0.15, 0.2) is 0 Å². The van der Waals surface area contributed by atoms with Gasteiger partial charge in [0.25, 0.3) is 5.91 Å². The molecule has 0 fully saturated rings. The smallest absolute Gasteiger partial charge is 0.251 e. The Kier molecular flexibility index (Phi) is 6.87. The van der Waals surface area contributed by atoms with Crippen LogP contribution in [0.25, 0.3) is 0 Å². The Bertz CT molecular complexity index is 804. The molecule has 0 aliphatic carbocycles. The highest BCUT2D eigenvalue weighted by Crippen LogP contribution is 2.18. The molecule has 1 atom stereocenters. The maximum absolute atomic E-state index is 14.4. The summed E-state index contributed by atoms with van der Waals surface area (Å²) in [6.07, 6.45) is 0.474. The fourth-order valence-corrected chi connectivity index (χ4v) is 4.15. The number of methoxy groups -OCH3 is 1. The monoisotopic (exact) mass is 388 g/mol. The first-order chi connectivity index (χ1) is 12.8. The van der Waals surface area contributed by atoms with Gasteiger partial charge in [-0.2, -0.15) is 0 Å². The van der Waals surface area contributed by atoms with Crippen molar-refractivity contribution in [1.29, 1.82) is 0 Å². The predicted octanol–water partition coefficient (Wildman–Crippen LogP) is 2.94. The second kappa shape index (κ2) is 8.92. The van der Waals surface area contributed by atoms with E-state index < -0.39 is 20.0 Å². The summed E-state index contributed by atoms with van der Waals surface area (Å²) in [7, 11) is -0.195. The molecule has 0 aliphatic rings. The Morgan fingerprint density at radius 1 is 1.19 bits per heavy atom. The number of hydrogen-bond acceptors (Lipinski definition) is 3. The number of halogens is 1. The SMILES string of the molecule is COCc1ccc([C@@H](NC=O)C(=O)Nc2ccc([Si](C)(C)C)c(F)c2)cc1. The van der Waals surface area contributed by atoms with E-state index >= 15 is 0 Å². The molecule has 0 heterocycles. The highest BCUT2D eigenvalue weighted by atomic mass is 28.3. The number of carbonyl (C=O) groups excluding carboxylic acids is 2. The van der Waals surface area contributed by atoms with Gasteiger partial charge in [0.05, 0.1) is 14.7 Å². The summed E-state index contributed by atoms with van der Waals surface area (Å²) in [5.41, 5.74) is 1.93. The van der Waals surface area contributed by atoms with Crippen molar-refractivity contribution in [2.24, 2.45) is 0 Å². The van der Waals surface area contributed by atoms with Gasteiger partial charge in [0.2, 0.25) is 6.41 Å². The van der Waals surface area contributed by atoms with Crippen molar-refractivity contribution >= 4 is 31.3 Å². The number of hydrogen-bond donors (Lipinski definition) is 2. The zero-order valence-electron chi connectivity index (χ0n) is 16.0. The number of ether oxygens (including phenoxy) is 1. The number of anilines is 1. The van der Waals surface area contributed by atoms with Crippen LogP contribution in [0.2, 0.25) is 19.6 Å². The number of carbonyl (C=O) groups is 2. The lowest BCUT2D eigenvalue weighted by Crippen LogP contribution is -2.40. The molecule has 2 aromatic carbocycles. The third kappa shape index (κ3) is 5.48. The molecule has 7 heteroatoms. The van der Waals surface area contributed by atoms with Crippen molar-refractivity contribution in [3.63, 3.8) is 0 Å². The van der Waals surface area contributed by atoms with E-state index in [1.54, 1.807) is 31.4 Å². The first-order valence-electron chi connectivity index (χ1n) is 8.64. The van der Waals surface area contributed by atoms with Gasteiger partial charge in [0, 0.05) is 12.8 Å². The minimum absolute atomic E-state index is 0.323. The van der Waals surface area contributed by atoms with Gasteiger partial charge in [-0.25, -0.2) is 4.39 Å². The molecule has 144 valence electrons. The van der Waals surface area contributed by atoms with Gasteiger partial charge in [-0.15, -0.1) is 0 Å². The van der Waals surface area contributed by atoms with Crippen molar-refractivity contribution < 1.29 is 18.7 Å². The molecule has 27 heavy (non-hydrogen) atoms. The first-order valence-corrected chi connectivity index (χ1v) is 12.1. The van der Waals surface area contributed by atoms with Crippen LogP contribution in [-0.4, -0.2) is 27.5 Å². The normalized spacial score (nSPS) is 12.3. The Balaban J connectivity index is 2.19. The molecule has 0 saturated heterocycles. The molecule has 0 radical (unpaired) electrons. The van der Waals surface area contributed by atoms with Crippen LogP contribution < -0.4 is 15.8 Å². The second-order valence-electron chi connectivity index (χ2n) is 7.33. The topological polar surface area (TPSA) is 67.4 Å². The maximum atomic E-state index is 14.4. The molecular formula is C20H25FN2O3Si. The quantitative estimate of drug-likeness (QED) is 0.540. The third-order valence-electron chi connectivity index (χ3n) is 4.17. The highest BCUT2D eigenvalue weighted by molar-refractivity contribution is 6.88. The van der Waals surface area contributed by atoms with Crippen LogP contribution in [0, 0.1) is 5.82 Å². The van der Waals surface area contributed by atoms with Crippen LogP contribution >= 0.6 is 0 Å². The van der Waals surface area contributed by atoms with E-state index in [9.17, 15) is 14.0 Å². The molecule has 0 spiro atoms. The minimum Gasteiger partial charge on any atom is -0.380 e. The third-order valence-corrected chi connectivity index (χ3v) is 6.19. The molecule has 0 aliphatic heterocycles. The van der Waals surface area contributed by atoms with Crippen LogP contribution in [0.15, 0.2) is 42.5 Å². The largest absolute Gasteiger partial charge is 0.380 e. The van der Waals surface area contributed by atoms with Crippen LogP contribution in [0.1, 0.15) is 17.2 Å². The van der Waals surface area contributed by atoms with Crippen molar-refractivity contribution in [3.8, 4) is 0 Å². The van der Waals surface area contributed by atoms with Gasteiger partial charge in [-0.05, 0) is 28.4 Å². The molecule has 0 aromatic heterocycles. The summed E-state index contributed by atoms with van der Waals surface area (Å²) in [6, 6.07) is 11.0. The summed E-state index contributed by atoms with van der Waals surface area (Å²) < 4.78 is 19.4. The summed E-state index contributed by atoms with van der Waals surface area (Å²) in [5, 5.41) is 5.89. The van der Waals surface area contributed by atoms with E-state index in [1.165, 1.54) is 6.07 Å². The van der Waals surface area contributed by atoms with Crippen LogP contribution in [0.5, 0.6) is 0 Å². The van der Waals surface area contributed by atoms with Gasteiger partial charge in [0.1, 0.15) is 11.9 Å². The van der Waals surface area contributed by atoms with Crippen LogP contribution in [0.3, 0.4) is 0 Å². The molecule has 2 aromatic rings. The Morgan fingerprint density at radius 3 is 2.37 bits per heavy atom. The maximum Gasteiger partial charge on any atom is 0.251 e. The molecule has 2 rings (SSSR count). The fourth-order valence-electron chi connectivity index (χ4n) is 2.78. The van der Waals surface area contributed by atoms with E-state index in [-0.39, 0.29) is 5.82 Å². The molecule has 5 nitrogen and oxygen atoms in total. The lowest BCUT2D eigenvalue weighted by atomic mass is 10.0. The second-order valence-corrected chi connectivity index (χ2v) is 12.4. The van der Waals surface area contributed by atoms with E-state index in [4.69, 9.17) is 4.74 Å². The minimum atomic E-state index is -1.80. The van der Waals surface area contributed by atoms with E-state index in [0.717, 1.165) is 5.56 Å². The van der Waals surface area contributed by atoms with Crippen LogP contribution in [-0.2, 0) is 20.9 Å². The van der Waals surface area contributed by atoms with E-state index in [0.29, 0.717) is 29.5 Å². The van der Waals surface area contributed by atoms with Gasteiger partial charge < -0.3 is 15.4 Å². The average Bonchev–Trinajstić information content (AvgIpc) is 2.59. The lowest BCUT2D eigenvalue weighted by molar-refractivity contribution is -0.121. The summed E-state index contributed by atoms with van der Waals surface area (Å²) in [5.74, 6) is -0.766. The number of rotatable bonds is 8. The molecule has 2 amide bonds. The summed E-state index contributed by atoms with van der Waals surface area (Å²) in [4.78, 5) is 23.6. The van der Waals surface area contributed by atoms with E-state index in [2.05, 4.69) is 30.3 Å². The zero-order chi connectivity index (χ0) is 20.0. The van der Waals surface area contributed by atoms with Crippen molar-refractivity contribution in [3.05, 3.63) is 59.4 Å².